The second-order valence-corrected chi connectivity index (χ2v) is 4.73. The van der Waals surface area contributed by atoms with Crippen LogP contribution >= 0.6 is 11.6 Å². The zero-order valence-corrected chi connectivity index (χ0v) is 9.93. The van der Waals surface area contributed by atoms with E-state index in [9.17, 15) is 0 Å². The van der Waals surface area contributed by atoms with Gasteiger partial charge in [-0.2, -0.15) is 5.10 Å². The summed E-state index contributed by atoms with van der Waals surface area (Å²) in [6, 6.07) is 0. The number of aryl methyl sites for hydroxylation is 1. The quantitative estimate of drug-likeness (QED) is 0.777. The van der Waals surface area contributed by atoms with Crippen molar-refractivity contribution in [3.05, 3.63) is 18.0 Å². The predicted octanol–water partition coefficient (Wildman–Crippen LogP) is 1.71. The first kappa shape index (κ1) is 11.0. The maximum atomic E-state index is 5.97. The number of halogens is 1. The van der Waals surface area contributed by atoms with Gasteiger partial charge in [-0.05, 0) is 37.8 Å². The van der Waals surface area contributed by atoms with Crippen LogP contribution in [0.1, 0.15) is 24.8 Å². The minimum atomic E-state index is 0.240. The van der Waals surface area contributed by atoms with Gasteiger partial charge in [0, 0.05) is 24.7 Å². The van der Waals surface area contributed by atoms with Crippen molar-refractivity contribution in [2.75, 3.05) is 12.4 Å². The number of hydrogen-bond acceptors (Lipinski definition) is 2. The molecule has 0 aliphatic heterocycles. The summed E-state index contributed by atoms with van der Waals surface area (Å²) in [5.74, 6) is 0.736. The van der Waals surface area contributed by atoms with Gasteiger partial charge in [0.15, 0.2) is 0 Å². The molecule has 0 amide bonds. The summed E-state index contributed by atoms with van der Waals surface area (Å²) in [6.07, 6.45) is 8.79. The Hall–Kier alpha value is -0.540. The average Bonchev–Trinajstić information content (AvgIpc) is 2.56. The maximum Gasteiger partial charge on any atom is 0.0522 e. The van der Waals surface area contributed by atoms with E-state index in [2.05, 4.69) is 16.6 Å². The Morgan fingerprint density at radius 2 is 2.40 bits per heavy atom. The topological polar surface area (TPSA) is 29.9 Å². The Bertz CT molecular complexity index is 312. The SMILES string of the molecule is Cn1cc(CCNC2(CCl)CCC2)cn1. The molecule has 1 aliphatic rings. The van der Waals surface area contributed by atoms with Crippen LogP contribution in [0, 0.1) is 0 Å². The molecule has 0 bridgehead atoms. The van der Waals surface area contributed by atoms with Crippen LogP contribution in [0.15, 0.2) is 12.4 Å². The molecular weight excluding hydrogens is 210 g/mol. The molecule has 1 aliphatic carbocycles. The Morgan fingerprint density at radius 1 is 1.60 bits per heavy atom. The highest BCUT2D eigenvalue weighted by atomic mass is 35.5. The molecule has 0 unspecified atom stereocenters. The molecule has 0 aromatic carbocycles. The number of nitrogens with zero attached hydrogens (tertiary/aromatic N) is 2. The predicted molar refractivity (Wildman–Crippen MR) is 62.2 cm³/mol. The van der Waals surface area contributed by atoms with Crippen molar-refractivity contribution in [2.45, 2.75) is 31.2 Å². The smallest absolute Gasteiger partial charge is 0.0522 e. The lowest BCUT2D eigenvalue weighted by Crippen LogP contribution is -2.53. The number of nitrogens with one attached hydrogen (secondary N) is 1. The van der Waals surface area contributed by atoms with Crippen molar-refractivity contribution in [2.24, 2.45) is 7.05 Å². The maximum absolute atomic E-state index is 5.97. The van der Waals surface area contributed by atoms with E-state index in [4.69, 9.17) is 11.6 Å². The summed E-state index contributed by atoms with van der Waals surface area (Å²) < 4.78 is 1.84. The molecule has 1 heterocycles. The third-order valence-corrected chi connectivity index (χ3v) is 3.75. The second kappa shape index (κ2) is 4.54. The van der Waals surface area contributed by atoms with Crippen molar-refractivity contribution in [3.63, 3.8) is 0 Å². The van der Waals surface area contributed by atoms with Crippen LogP contribution in [-0.4, -0.2) is 27.7 Å². The van der Waals surface area contributed by atoms with Crippen LogP contribution < -0.4 is 5.32 Å². The monoisotopic (exact) mass is 227 g/mol. The summed E-state index contributed by atoms with van der Waals surface area (Å²) in [5, 5.41) is 7.72. The van der Waals surface area contributed by atoms with E-state index in [0.717, 1.165) is 18.8 Å². The molecule has 0 saturated heterocycles. The highest BCUT2D eigenvalue weighted by Gasteiger charge is 2.35. The first-order valence-electron chi connectivity index (χ1n) is 5.53. The Labute approximate surface area is 95.8 Å². The van der Waals surface area contributed by atoms with Gasteiger partial charge in [-0.3, -0.25) is 4.68 Å². The molecule has 1 saturated carbocycles. The van der Waals surface area contributed by atoms with E-state index in [1.807, 2.05) is 17.9 Å². The molecule has 1 N–H and O–H groups in total. The van der Waals surface area contributed by atoms with Gasteiger partial charge in [0.25, 0.3) is 0 Å². The van der Waals surface area contributed by atoms with Crippen LogP contribution in [0.2, 0.25) is 0 Å². The third kappa shape index (κ3) is 2.52. The molecule has 15 heavy (non-hydrogen) atoms. The zero-order valence-electron chi connectivity index (χ0n) is 9.17. The van der Waals surface area contributed by atoms with E-state index in [1.54, 1.807) is 0 Å². The Morgan fingerprint density at radius 3 is 2.87 bits per heavy atom. The molecule has 1 aromatic heterocycles. The lowest BCUT2D eigenvalue weighted by atomic mass is 9.78. The normalized spacial score (nSPS) is 18.8. The van der Waals surface area contributed by atoms with Gasteiger partial charge >= 0.3 is 0 Å². The van der Waals surface area contributed by atoms with E-state index < -0.39 is 0 Å². The molecule has 3 nitrogen and oxygen atoms in total. The second-order valence-electron chi connectivity index (χ2n) is 4.47. The average molecular weight is 228 g/mol. The fourth-order valence-corrected chi connectivity index (χ4v) is 2.40. The first-order valence-corrected chi connectivity index (χ1v) is 6.06. The summed E-state index contributed by atoms with van der Waals surface area (Å²) >= 11 is 5.97. The van der Waals surface area contributed by atoms with Crippen molar-refractivity contribution >= 4 is 11.6 Å². The van der Waals surface area contributed by atoms with Gasteiger partial charge in [-0.15, -0.1) is 11.6 Å². The van der Waals surface area contributed by atoms with Gasteiger partial charge in [0.1, 0.15) is 0 Å². The lowest BCUT2D eigenvalue weighted by Gasteiger charge is -2.41. The van der Waals surface area contributed by atoms with Crippen molar-refractivity contribution in [3.8, 4) is 0 Å². The molecule has 0 spiro atoms. The van der Waals surface area contributed by atoms with Crippen LogP contribution in [-0.2, 0) is 13.5 Å². The van der Waals surface area contributed by atoms with E-state index in [0.29, 0.717) is 0 Å². The Kier molecular flexibility index (Phi) is 3.32. The first-order chi connectivity index (χ1) is 7.24. The van der Waals surface area contributed by atoms with Gasteiger partial charge in [0.2, 0.25) is 0 Å². The van der Waals surface area contributed by atoms with Crippen LogP contribution in [0.4, 0.5) is 0 Å². The van der Waals surface area contributed by atoms with Gasteiger partial charge in [0.05, 0.1) is 6.20 Å². The van der Waals surface area contributed by atoms with Crippen LogP contribution in [0.25, 0.3) is 0 Å². The molecule has 0 atom stereocenters. The number of hydrogen-bond donors (Lipinski definition) is 1. The van der Waals surface area contributed by atoms with Gasteiger partial charge < -0.3 is 5.32 Å². The zero-order chi connectivity index (χ0) is 10.7. The molecule has 1 fully saturated rings. The number of aromatic nitrogens is 2. The van der Waals surface area contributed by atoms with Gasteiger partial charge in [-0.25, -0.2) is 0 Å². The molecular formula is C11H18ClN3. The summed E-state index contributed by atoms with van der Waals surface area (Å²) in [5.41, 5.74) is 1.53. The van der Waals surface area contributed by atoms with Crippen molar-refractivity contribution in [1.29, 1.82) is 0 Å². The highest BCUT2D eigenvalue weighted by Crippen LogP contribution is 2.32. The van der Waals surface area contributed by atoms with Crippen molar-refractivity contribution < 1.29 is 0 Å². The molecule has 2 rings (SSSR count). The largest absolute Gasteiger partial charge is 0.310 e. The standard InChI is InChI=1S/C11H18ClN3/c1-15-8-10(7-14-15)3-6-13-11(9-12)4-2-5-11/h7-8,13H,2-6,9H2,1H3. The fourth-order valence-electron chi connectivity index (χ4n) is 2.03. The third-order valence-electron chi connectivity index (χ3n) is 3.24. The lowest BCUT2D eigenvalue weighted by molar-refractivity contribution is 0.215. The van der Waals surface area contributed by atoms with E-state index in [1.165, 1.54) is 24.8 Å². The molecule has 4 heteroatoms. The minimum absolute atomic E-state index is 0.240. The highest BCUT2D eigenvalue weighted by molar-refractivity contribution is 6.18. The Balaban J connectivity index is 1.74. The molecule has 0 radical (unpaired) electrons. The van der Waals surface area contributed by atoms with Crippen molar-refractivity contribution in [1.82, 2.24) is 15.1 Å². The van der Waals surface area contributed by atoms with Crippen LogP contribution in [0.3, 0.4) is 0 Å². The van der Waals surface area contributed by atoms with E-state index >= 15 is 0 Å². The molecule has 84 valence electrons. The number of alkyl halides is 1. The summed E-state index contributed by atoms with van der Waals surface area (Å²) in [6.45, 7) is 0.998. The summed E-state index contributed by atoms with van der Waals surface area (Å²) in [4.78, 5) is 0. The van der Waals surface area contributed by atoms with E-state index in [-0.39, 0.29) is 5.54 Å². The minimum Gasteiger partial charge on any atom is -0.310 e. The fraction of sp³-hybridized carbons (Fsp3) is 0.727. The number of rotatable bonds is 5. The van der Waals surface area contributed by atoms with Crippen LogP contribution in [0.5, 0.6) is 0 Å². The molecule has 1 aromatic rings. The van der Waals surface area contributed by atoms with Gasteiger partial charge in [-0.1, -0.05) is 0 Å². The summed E-state index contributed by atoms with van der Waals surface area (Å²) in [7, 11) is 1.95.